The zero-order chi connectivity index (χ0) is 25.7. The van der Waals surface area contributed by atoms with Crippen LogP contribution in [0.25, 0.3) is 0 Å². The van der Waals surface area contributed by atoms with E-state index in [0.29, 0.717) is 0 Å². The maximum Gasteiger partial charge on any atom is 0.229 e. The van der Waals surface area contributed by atoms with Gasteiger partial charge in [-0.2, -0.15) is 9.97 Å². The minimum Gasteiger partial charge on any atom is -0.379 e. The molecule has 1 atom stereocenters. The summed E-state index contributed by atoms with van der Waals surface area (Å²) in [5.41, 5.74) is 1.30. The molecule has 3 fully saturated rings. The lowest BCUT2D eigenvalue weighted by Gasteiger charge is -2.38. The highest BCUT2D eigenvalue weighted by molar-refractivity contribution is 6.00. The molecule has 12 nitrogen and oxygen atoms in total. The standard InChI is InChI=1S/C25H44N10O2/c1-20-25(2,27-5-7-34-14-18-37-19-15-34)31-23-21(28-20)22(26-4-6-33-12-16-36-17-13-33)29-24(30-23)35-10-8-32(3)9-11-35/h27H,4-19H2,1-3H3,(H2,26,29,30,31). The number of aliphatic imine (C=N–C) groups is 1. The van der Waals surface area contributed by atoms with Gasteiger partial charge in [0, 0.05) is 78.5 Å². The summed E-state index contributed by atoms with van der Waals surface area (Å²) in [4.78, 5) is 24.5. The van der Waals surface area contributed by atoms with Crippen molar-refractivity contribution in [3.8, 4) is 0 Å². The summed E-state index contributed by atoms with van der Waals surface area (Å²) in [6.07, 6.45) is 0. The quantitative estimate of drug-likeness (QED) is 0.417. The molecule has 0 aromatic carbocycles. The lowest BCUT2D eigenvalue weighted by atomic mass is 10.0. The molecule has 206 valence electrons. The molecule has 4 aliphatic heterocycles. The van der Waals surface area contributed by atoms with Gasteiger partial charge in [0.15, 0.2) is 11.6 Å². The number of anilines is 3. The Labute approximate surface area is 220 Å². The van der Waals surface area contributed by atoms with Crippen molar-refractivity contribution < 1.29 is 9.47 Å². The molecule has 5 rings (SSSR count). The van der Waals surface area contributed by atoms with Crippen molar-refractivity contribution in [1.29, 1.82) is 0 Å². The first-order valence-corrected chi connectivity index (χ1v) is 13.8. The van der Waals surface area contributed by atoms with Gasteiger partial charge in [0.2, 0.25) is 5.95 Å². The highest BCUT2D eigenvalue weighted by atomic mass is 16.5. The van der Waals surface area contributed by atoms with Gasteiger partial charge in [0.05, 0.1) is 32.1 Å². The minimum absolute atomic E-state index is 0.474. The van der Waals surface area contributed by atoms with Crippen LogP contribution in [0, 0.1) is 0 Å². The number of fused-ring (bicyclic) bond motifs is 1. The van der Waals surface area contributed by atoms with Gasteiger partial charge in [-0.05, 0) is 20.9 Å². The summed E-state index contributed by atoms with van der Waals surface area (Å²) in [6, 6.07) is 0. The fourth-order valence-electron chi connectivity index (χ4n) is 5.13. The Hall–Kier alpha value is -2.09. The molecule has 1 aromatic rings. The number of nitrogens with zero attached hydrogens (tertiary/aromatic N) is 7. The van der Waals surface area contributed by atoms with E-state index in [-0.39, 0.29) is 0 Å². The molecule has 0 amide bonds. The molecule has 0 bridgehead atoms. The second-order valence-electron chi connectivity index (χ2n) is 10.6. The van der Waals surface area contributed by atoms with Gasteiger partial charge >= 0.3 is 0 Å². The van der Waals surface area contributed by atoms with Crippen LogP contribution in [0.4, 0.5) is 23.3 Å². The van der Waals surface area contributed by atoms with Gasteiger partial charge in [-0.1, -0.05) is 0 Å². The van der Waals surface area contributed by atoms with Crippen molar-refractivity contribution in [2.45, 2.75) is 19.5 Å². The Kier molecular flexibility index (Phi) is 8.73. The normalized spacial score (nSPS) is 25.9. The van der Waals surface area contributed by atoms with Crippen LogP contribution < -0.4 is 20.9 Å². The fraction of sp³-hybridized carbons (Fsp3) is 0.800. The van der Waals surface area contributed by atoms with Crippen LogP contribution in [-0.2, 0) is 9.47 Å². The fourth-order valence-corrected chi connectivity index (χ4v) is 5.13. The lowest BCUT2D eigenvalue weighted by molar-refractivity contribution is 0.0380. The third-order valence-corrected chi connectivity index (χ3v) is 7.86. The van der Waals surface area contributed by atoms with E-state index in [2.05, 4.69) is 56.4 Å². The molecule has 5 heterocycles. The van der Waals surface area contributed by atoms with E-state index in [1.54, 1.807) is 0 Å². The monoisotopic (exact) mass is 516 g/mol. The van der Waals surface area contributed by atoms with Gasteiger partial charge < -0.3 is 29.9 Å². The molecule has 0 saturated carbocycles. The first-order chi connectivity index (χ1) is 18.0. The van der Waals surface area contributed by atoms with E-state index in [0.717, 1.165) is 134 Å². The highest BCUT2D eigenvalue weighted by Crippen LogP contribution is 2.38. The maximum absolute atomic E-state index is 5.49. The molecule has 12 heteroatoms. The van der Waals surface area contributed by atoms with Crippen molar-refractivity contribution in [2.75, 3.05) is 128 Å². The number of rotatable bonds is 9. The SMILES string of the molecule is CC1=Nc2c(NCCN3CCOCC3)nc(N3CCN(C)CC3)nc2NC1(C)NCCN1CCOCC1. The number of ether oxygens (including phenoxy) is 2. The average molecular weight is 517 g/mol. The van der Waals surface area contributed by atoms with Crippen molar-refractivity contribution >= 4 is 29.0 Å². The van der Waals surface area contributed by atoms with E-state index >= 15 is 0 Å². The third-order valence-electron chi connectivity index (χ3n) is 7.86. The Morgan fingerprint density at radius 1 is 0.865 bits per heavy atom. The van der Waals surface area contributed by atoms with Crippen LogP contribution in [0.5, 0.6) is 0 Å². The summed E-state index contributed by atoms with van der Waals surface area (Å²) < 4.78 is 11.0. The zero-order valence-corrected chi connectivity index (χ0v) is 22.8. The van der Waals surface area contributed by atoms with Crippen molar-refractivity contribution in [2.24, 2.45) is 4.99 Å². The number of hydrogen-bond acceptors (Lipinski definition) is 12. The number of nitrogens with one attached hydrogen (secondary N) is 3. The lowest BCUT2D eigenvalue weighted by Crippen LogP contribution is -2.58. The first-order valence-electron chi connectivity index (χ1n) is 13.8. The number of piperazine rings is 1. The van der Waals surface area contributed by atoms with E-state index < -0.39 is 5.66 Å². The molecular formula is C25H44N10O2. The molecule has 0 aliphatic carbocycles. The number of hydrogen-bond donors (Lipinski definition) is 3. The summed E-state index contributed by atoms with van der Waals surface area (Å²) in [7, 11) is 2.16. The van der Waals surface area contributed by atoms with E-state index in [4.69, 9.17) is 24.4 Å². The average Bonchev–Trinajstić information content (AvgIpc) is 2.91. The van der Waals surface area contributed by atoms with Crippen LogP contribution >= 0.6 is 0 Å². The van der Waals surface area contributed by atoms with Gasteiger partial charge in [-0.25, -0.2) is 4.99 Å². The van der Waals surface area contributed by atoms with E-state index in [1.807, 2.05) is 0 Å². The Morgan fingerprint density at radius 3 is 2.14 bits per heavy atom. The molecule has 37 heavy (non-hydrogen) atoms. The maximum atomic E-state index is 5.49. The van der Waals surface area contributed by atoms with Gasteiger partial charge in [-0.3, -0.25) is 15.1 Å². The smallest absolute Gasteiger partial charge is 0.229 e. The van der Waals surface area contributed by atoms with Crippen LogP contribution in [-0.4, -0.2) is 148 Å². The molecule has 3 saturated heterocycles. The summed E-state index contributed by atoms with van der Waals surface area (Å²) >= 11 is 0. The molecular weight excluding hydrogens is 472 g/mol. The molecule has 0 radical (unpaired) electrons. The number of morpholine rings is 2. The minimum atomic E-state index is -0.474. The number of aromatic nitrogens is 2. The van der Waals surface area contributed by atoms with Crippen molar-refractivity contribution in [1.82, 2.24) is 30.0 Å². The molecule has 1 aromatic heterocycles. The number of likely N-dealkylation sites (N-methyl/N-ethyl adjacent to an activating group) is 1. The van der Waals surface area contributed by atoms with Crippen LogP contribution in [0.15, 0.2) is 4.99 Å². The van der Waals surface area contributed by atoms with E-state index in [1.165, 1.54) is 0 Å². The highest BCUT2D eigenvalue weighted by Gasteiger charge is 2.34. The summed E-state index contributed by atoms with van der Waals surface area (Å²) in [5, 5.41) is 11.0. The van der Waals surface area contributed by atoms with Crippen LogP contribution in [0.3, 0.4) is 0 Å². The second kappa shape index (κ2) is 12.2. The van der Waals surface area contributed by atoms with Crippen LogP contribution in [0.1, 0.15) is 13.8 Å². The van der Waals surface area contributed by atoms with Crippen molar-refractivity contribution in [3.05, 3.63) is 0 Å². The van der Waals surface area contributed by atoms with Gasteiger partial charge in [0.25, 0.3) is 0 Å². The largest absolute Gasteiger partial charge is 0.379 e. The van der Waals surface area contributed by atoms with Crippen LogP contribution in [0.2, 0.25) is 0 Å². The Balaban J connectivity index is 1.31. The van der Waals surface area contributed by atoms with E-state index in [9.17, 15) is 0 Å². The predicted molar refractivity (Wildman–Crippen MR) is 148 cm³/mol. The molecule has 3 N–H and O–H groups in total. The predicted octanol–water partition coefficient (Wildman–Crippen LogP) is 0.128. The summed E-state index contributed by atoms with van der Waals surface area (Å²) in [6.45, 7) is 18.8. The third kappa shape index (κ3) is 6.68. The Morgan fingerprint density at radius 2 is 1.49 bits per heavy atom. The topological polar surface area (TPSA) is 106 Å². The zero-order valence-electron chi connectivity index (χ0n) is 22.8. The molecule has 4 aliphatic rings. The molecule has 1 unspecified atom stereocenters. The summed E-state index contributed by atoms with van der Waals surface area (Å²) in [5.74, 6) is 2.35. The van der Waals surface area contributed by atoms with Gasteiger partial charge in [-0.15, -0.1) is 0 Å². The Bertz CT molecular complexity index is 926. The molecule has 0 spiro atoms. The van der Waals surface area contributed by atoms with Gasteiger partial charge in [0.1, 0.15) is 11.4 Å². The first kappa shape index (κ1) is 26.5. The van der Waals surface area contributed by atoms with Crippen molar-refractivity contribution in [3.63, 3.8) is 0 Å². The second-order valence-corrected chi connectivity index (χ2v) is 10.6.